The molecule has 7 heteroatoms. The highest BCUT2D eigenvalue weighted by molar-refractivity contribution is 7.93. The highest BCUT2D eigenvalue weighted by Crippen LogP contribution is 2.34. The molecule has 0 saturated carbocycles. The Balaban J connectivity index is 2.19. The first-order chi connectivity index (χ1) is 10.1. The number of aromatic nitrogens is 2. The monoisotopic (exact) mass is 336 g/mol. The summed E-state index contributed by atoms with van der Waals surface area (Å²) in [6.45, 7) is 0. The van der Waals surface area contributed by atoms with Crippen LogP contribution in [0.15, 0.2) is 63.7 Å². The fourth-order valence-corrected chi connectivity index (χ4v) is 4.73. The van der Waals surface area contributed by atoms with Crippen LogP contribution in [0.5, 0.6) is 0 Å². The van der Waals surface area contributed by atoms with Gasteiger partial charge in [0.1, 0.15) is 5.69 Å². The van der Waals surface area contributed by atoms with Gasteiger partial charge in [-0.1, -0.05) is 58.6 Å². The fraction of sp³-hybridized carbons (Fsp3) is 0. The molecular formula is C14H9ClN2O2S2. The topological polar surface area (TPSA) is 59.9 Å². The smallest absolute Gasteiger partial charge is 0.217 e. The van der Waals surface area contributed by atoms with Gasteiger partial charge in [-0.25, -0.2) is 8.42 Å². The Morgan fingerprint density at radius 3 is 2.33 bits per heavy atom. The summed E-state index contributed by atoms with van der Waals surface area (Å²) in [6.07, 6.45) is 0. The van der Waals surface area contributed by atoms with Gasteiger partial charge in [0.2, 0.25) is 9.84 Å². The van der Waals surface area contributed by atoms with Gasteiger partial charge in [-0.15, -0.1) is 5.10 Å². The lowest BCUT2D eigenvalue weighted by Crippen LogP contribution is -2.02. The van der Waals surface area contributed by atoms with Crippen LogP contribution < -0.4 is 0 Å². The normalized spacial score (nSPS) is 11.5. The average molecular weight is 337 g/mol. The standard InChI is InChI=1S/C14H9ClN2O2S2/c15-11-8-4-5-9-12(11)21(18,19)14-13(16-17-20-14)10-6-2-1-3-7-10/h1-9H. The first-order valence-electron chi connectivity index (χ1n) is 5.98. The number of sulfone groups is 1. The van der Waals surface area contributed by atoms with Crippen LogP contribution in [-0.4, -0.2) is 18.0 Å². The zero-order chi connectivity index (χ0) is 14.9. The molecule has 3 rings (SSSR count). The maximum atomic E-state index is 12.8. The summed E-state index contributed by atoms with van der Waals surface area (Å²) in [7, 11) is -3.74. The lowest BCUT2D eigenvalue weighted by Gasteiger charge is -2.05. The SMILES string of the molecule is O=S(=O)(c1ccccc1Cl)c1snnc1-c1ccccc1. The molecule has 0 fully saturated rings. The van der Waals surface area contributed by atoms with Crippen molar-refractivity contribution in [2.24, 2.45) is 0 Å². The Morgan fingerprint density at radius 1 is 0.952 bits per heavy atom. The van der Waals surface area contributed by atoms with Crippen LogP contribution in [0.2, 0.25) is 5.02 Å². The van der Waals surface area contributed by atoms with E-state index in [0.29, 0.717) is 11.3 Å². The predicted molar refractivity (Wildman–Crippen MR) is 82.2 cm³/mol. The van der Waals surface area contributed by atoms with Crippen molar-refractivity contribution in [2.75, 3.05) is 0 Å². The second-order valence-corrected chi connectivity index (χ2v) is 7.48. The summed E-state index contributed by atoms with van der Waals surface area (Å²) >= 11 is 6.86. The van der Waals surface area contributed by atoms with Crippen molar-refractivity contribution in [1.29, 1.82) is 0 Å². The quantitative estimate of drug-likeness (QED) is 0.731. The maximum Gasteiger partial charge on any atom is 0.221 e. The maximum absolute atomic E-state index is 12.8. The Kier molecular flexibility index (Phi) is 3.75. The molecule has 0 aliphatic heterocycles. The van der Waals surface area contributed by atoms with E-state index in [1.54, 1.807) is 30.3 Å². The van der Waals surface area contributed by atoms with Crippen LogP contribution in [0.1, 0.15) is 0 Å². The van der Waals surface area contributed by atoms with Crippen molar-refractivity contribution in [2.45, 2.75) is 9.10 Å². The summed E-state index contributed by atoms with van der Waals surface area (Å²) in [6, 6.07) is 15.4. The molecule has 0 radical (unpaired) electrons. The minimum Gasteiger partial charge on any atom is -0.217 e. The van der Waals surface area contributed by atoms with Crippen LogP contribution >= 0.6 is 23.1 Å². The summed E-state index contributed by atoms with van der Waals surface area (Å²) in [5, 5.41) is 4.14. The van der Waals surface area contributed by atoms with Gasteiger partial charge in [0.15, 0.2) is 4.21 Å². The zero-order valence-electron chi connectivity index (χ0n) is 10.6. The Bertz CT molecular complexity index is 877. The van der Waals surface area contributed by atoms with E-state index >= 15 is 0 Å². The molecule has 1 aromatic heterocycles. The van der Waals surface area contributed by atoms with E-state index in [1.165, 1.54) is 6.07 Å². The third kappa shape index (κ3) is 2.57. The van der Waals surface area contributed by atoms with Gasteiger partial charge >= 0.3 is 0 Å². The third-order valence-corrected chi connectivity index (χ3v) is 6.34. The molecule has 0 saturated heterocycles. The van der Waals surface area contributed by atoms with E-state index in [-0.39, 0.29) is 14.1 Å². The molecular weight excluding hydrogens is 328 g/mol. The van der Waals surface area contributed by atoms with Gasteiger partial charge in [-0.2, -0.15) is 0 Å². The third-order valence-electron chi connectivity index (χ3n) is 2.88. The highest BCUT2D eigenvalue weighted by Gasteiger charge is 2.27. The molecule has 0 aliphatic rings. The van der Waals surface area contributed by atoms with E-state index in [2.05, 4.69) is 9.59 Å². The first kappa shape index (κ1) is 14.2. The lowest BCUT2D eigenvalue weighted by molar-refractivity contribution is 0.598. The number of hydrogen-bond acceptors (Lipinski definition) is 5. The van der Waals surface area contributed by atoms with Crippen molar-refractivity contribution < 1.29 is 8.42 Å². The van der Waals surface area contributed by atoms with Crippen LogP contribution in [0.25, 0.3) is 11.3 Å². The largest absolute Gasteiger partial charge is 0.221 e. The van der Waals surface area contributed by atoms with Crippen LogP contribution in [0.3, 0.4) is 0 Å². The number of halogens is 1. The number of nitrogens with zero attached hydrogens (tertiary/aromatic N) is 2. The molecule has 0 atom stereocenters. The van der Waals surface area contributed by atoms with E-state index in [4.69, 9.17) is 11.6 Å². The molecule has 2 aromatic carbocycles. The second kappa shape index (κ2) is 5.55. The van der Waals surface area contributed by atoms with Crippen molar-refractivity contribution in [3.05, 3.63) is 59.6 Å². The summed E-state index contributed by atoms with van der Waals surface area (Å²) < 4.78 is 29.4. The molecule has 3 aromatic rings. The Labute approximate surface area is 131 Å². The Hall–Kier alpha value is -1.76. The van der Waals surface area contributed by atoms with Crippen LogP contribution in [-0.2, 0) is 9.84 Å². The van der Waals surface area contributed by atoms with Crippen molar-refractivity contribution in [3.63, 3.8) is 0 Å². The van der Waals surface area contributed by atoms with E-state index in [1.807, 2.05) is 18.2 Å². The summed E-state index contributed by atoms with van der Waals surface area (Å²) in [4.78, 5) is 0.0647. The molecule has 1 heterocycles. The fourth-order valence-electron chi connectivity index (χ4n) is 1.89. The van der Waals surface area contributed by atoms with Crippen molar-refractivity contribution in [1.82, 2.24) is 9.59 Å². The molecule has 0 aliphatic carbocycles. The van der Waals surface area contributed by atoms with Crippen LogP contribution in [0.4, 0.5) is 0 Å². The molecule has 4 nitrogen and oxygen atoms in total. The molecule has 0 bridgehead atoms. The lowest BCUT2D eigenvalue weighted by atomic mass is 10.2. The van der Waals surface area contributed by atoms with Crippen molar-refractivity contribution >= 4 is 33.0 Å². The van der Waals surface area contributed by atoms with Gasteiger partial charge in [0.05, 0.1) is 9.92 Å². The second-order valence-electron chi connectivity index (χ2n) is 4.21. The zero-order valence-corrected chi connectivity index (χ0v) is 13.0. The highest BCUT2D eigenvalue weighted by atomic mass is 35.5. The molecule has 0 amide bonds. The summed E-state index contributed by atoms with van der Waals surface area (Å²) in [5.74, 6) is 0. The summed E-state index contributed by atoms with van der Waals surface area (Å²) in [5.41, 5.74) is 1.05. The van der Waals surface area contributed by atoms with E-state index < -0.39 is 9.84 Å². The van der Waals surface area contributed by atoms with Crippen molar-refractivity contribution in [3.8, 4) is 11.3 Å². The molecule has 0 unspecified atom stereocenters. The Morgan fingerprint density at radius 2 is 1.62 bits per heavy atom. The van der Waals surface area contributed by atoms with E-state index in [0.717, 1.165) is 11.5 Å². The molecule has 106 valence electrons. The average Bonchev–Trinajstić information content (AvgIpc) is 2.99. The molecule has 0 N–H and O–H groups in total. The minimum absolute atomic E-state index is 0.0647. The van der Waals surface area contributed by atoms with Gasteiger partial charge in [-0.05, 0) is 12.1 Å². The number of hydrogen-bond donors (Lipinski definition) is 0. The molecule has 0 spiro atoms. The first-order valence-corrected chi connectivity index (χ1v) is 8.61. The van der Waals surface area contributed by atoms with Gasteiger partial charge < -0.3 is 0 Å². The number of rotatable bonds is 3. The molecule has 21 heavy (non-hydrogen) atoms. The number of benzene rings is 2. The van der Waals surface area contributed by atoms with Gasteiger partial charge in [0.25, 0.3) is 0 Å². The van der Waals surface area contributed by atoms with Crippen LogP contribution in [0, 0.1) is 0 Å². The van der Waals surface area contributed by atoms with E-state index in [9.17, 15) is 8.42 Å². The van der Waals surface area contributed by atoms with Gasteiger partial charge in [0, 0.05) is 17.1 Å². The predicted octanol–water partition coefficient (Wildman–Crippen LogP) is 3.69. The van der Waals surface area contributed by atoms with Gasteiger partial charge in [-0.3, -0.25) is 0 Å². The minimum atomic E-state index is -3.74.